The van der Waals surface area contributed by atoms with Gasteiger partial charge in [0.05, 0.1) is 0 Å². The molecule has 2 aromatic rings. The topological polar surface area (TPSA) is 21.7 Å². The average molecular weight is 313 g/mol. The second-order valence-corrected chi connectivity index (χ2v) is 5.64. The number of nitrogens with zero attached hydrogens (tertiary/aromatic N) is 1. The molecule has 0 aliphatic heterocycles. The molecule has 2 rings (SSSR count). The van der Waals surface area contributed by atoms with Crippen LogP contribution in [0.15, 0.2) is 60.7 Å². The van der Waals surface area contributed by atoms with Gasteiger partial charge in [-0.05, 0) is 24.3 Å². The Labute approximate surface area is 139 Å². The zero-order valence-electron chi connectivity index (χ0n) is 14.4. The van der Waals surface area contributed by atoms with E-state index in [0.29, 0.717) is 0 Å². The molecule has 23 heavy (non-hydrogen) atoms. The van der Waals surface area contributed by atoms with Crippen LogP contribution in [0.25, 0.3) is 0 Å². The predicted octanol–water partition coefficient (Wildman–Crippen LogP) is 5.00. The summed E-state index contributed by atoms with van der Waals surface area (Å²) >= 11 is 0. The smallest absolute Gasteiger partial charge is 0.169 e. The quantitative estimate of drug-likeness (QED) is 0.608. The molecule has 3 nitrogen and oxygen atoms in total. The minimum absolute atomic E-state index is 0.517. The van der Waals surface area contributed by atoms with Crippen LogP contribution in [-0.2, 0) is 9.47 Å². The van der Waals surface area contributed by atoms with Gasteiger partial charge in [0, 0.05) is 45.0 Å². The van der Waals surface area contributed by atoms with Crippen molar-refractivity contribution in [3.8, 4) is 0 Å². The summed E-state index contributed by atoms with van der Waals surface area (Å²) in [4.78, 5) is 2.31. The molecule has 0 amide bonds. The van der Waals surface area contributed by atoms with Crippen LogP contribution < -0.4 is 4.90 Å². The molecule has 0 radical (unpaired) electrons. The van der Waals surface area contributed by atoms with Gasteiger partial charge in [0.15, 0.2) is 5.79 Å². The zero-order chi connectivity index (χ0) is 16.5. The van der Waals surface area contributed by atoms with E-state index in [0.717, 1.165) is 25.8 Å². The number of anilines is 2. The SMILES string of the molecule is CCCC(CCN(c1ccccc1)c1ccccc1)(OC)OC. The standard InChI is InChI=1S/C20H27NO2/c1-4-15-20(22-2,23-3)16-17-21(18-11-7-5-8-12-18)19-13-9-6-10-14-19/h5-14H,4,15-17H2,1-3H3. The van der Waals surface area contributed by atoms with Crippen molar-refractivity contribution in [2.45, 2.75) is 32.0 Å². The van der Waals surface area contributed by atoms with Crippen molar-refractivity contribution in [1.82, 2.24) is 0 Å². The summed E-state index contributed by atoms with van der Waals surface area (Å²) in [5.74, 6) is -0.517. The molecule has 0 bridgehead atoms. The molecule has 0 heterocycles. The molecule has 0 N–H and O–H groups in total. The third-order valence-corrected chi connectivity index (χ3v) is 4.23. The van der Waals surface area contributed by atoms with Gasteiger partial charge in [-0.15, -0.1) is 0 Å². The number of benzene rings is 2. The van der Waals surface area contributed by atoms with Gasteiger partial charge < -0.3 is 14.4 Å². The summed E-state index contributed by atoms with van der Waals surface area (Å²) < 4.78 is 11.4. The number of para-hydroxylation sites is 2. The first-order valence-electron chi connectivity index (χ1n) is 8.22. The van der Waals surface area contributed by atoms with Crippen molar-refractivity contribution < 1.29 is 9.47 Å². The molecular formula is C20H27NO2. The van der Waals surface area contributed by atoms with E-state index in [1.807, 2.05) is 12.1 Å². The fourth-order valence-electron chi connectivity index (χ4n) is 2.90. The number of rotatable bonds is 9. The van der Waals surface area contributed by atoms with Crippen LogP contribution in [0.1, 0.15) is 26.2 Å². The molecular weight excluding hydrogens is 286 g/mol. The fourth-order valence-corrected chi connectivity index (χ4v) is 2.90. The van der Waals surface area contributed by atoms with Gasteiger partial charge in [-0.25, -0.2) is 0 Å². The lowest BCUT2D eigenvalue weighted by molar-refractivity contribution is -0.213. The van der Waals surface area contributed by atoms with E-state index in [2.05, 4.69) is 60.4 Å². The molecule has 0 unspecified atom stereocenters. The lowest BCUT2D eigenvalue weighted by Crippen LogP contribution is -2.37. The van der Waals surface area contributed by atoms with Gasteiger partial charge in [-0.3, -0.25) is 0 Å². The highest BCUT2D eigenvalue weighted by Crippen LogP contribution is 2.29. The third kappa shape index (κ3) is 4.57. The molecule has 0 aliphatic rings. The second kappa shape index (κ2) is 8.70. The number of hydrogen-bond acceptors (Lipinski definition) is 3. The summed E-state index contributed by atoms with van der Waals surface area (Å²) in [6, 6.07) is 20.9. The Kier molecular flexibility index (Phi) is 6.63. The molecule has 0 saturated carbocycles. The molecule has 0 saturated heterocycles. The Balaban J connectivity index is 2.22. The Bertz CT molecular complexity index is 513. The zero-order valence-corrected chi connectivity index (χ0v) is 14.4. The third-order valence-electron chi connectivity index (χ3n) is 4.23. The minimum atomic E-state index is -0.517. The average Bonchev–Trinajstić information content (AvgIpc) is 2.63. The van der Waals surface area contributed by atoms with Crippen molar-refractivity contribution in [3.63, 3.8) is 0 Å². The lowest BCUT2D eigenvalue weighted by atomic mass is 10.1. The second-order valence-electron chi connectivity index (χ2n) is 5.64. The summed E-state index contributed by atoms with van der Waals surface area (Å²) in [5, 5.41) is 0. The first-order valence-corrected chi connectivity index (χ1v) is 8.22. The van der Waals surface area contributed by atoms with Crippen molar-refractivity contribution in [3.05, 3.63) is 60.7 Å². The fraction of sp³-hybridized carbons (Fsp3) is 0.400. The van der Waals surface area contributed by atoms with E-state index >= 15 is 0 Å². The lowest BCUT2D eigenvalue weighted by Gasteiger charge is -2.34. The summed E-state index contributed by atoms with van der Waals surface area (Å²) in [5.41, 5.74) is 2.35. The van der Waals surface area contributed by atoms with E-state index in [4.69, 9.17) is 9.47 Å². The van der Waals surface area contributed by atoms with Crippen LogP contribution in [0.4, 0.5) is 11.4 Å². The minimum Gasteiger partial charge on any atom is -0.353 e. The maximum Gasteiger partial charge on any atom is 0.169 e. The van der Waals surface area contributed by atoms with Crippen LogP contribution in [0.2, 0.25) is 0 Å². The van der Waals surface area contributed by atoms with Crippen molar-refractivity contribution in [1.29, 1.82) is 0 Å². The van der Waals surface area contributed by atoms with E-state index in [9.17, 15) is 0 Å². The van der Waals surface area contributed by atoms with Crippen LogP contribution in [0, 0.1) is 0 Å². The predicted molar refractivity (Wildman–Crippen MR) is 96.2 cm³/mol. The van der Waals surface area contributed by atoms with E-state index in [1.165, 1.54) is 11.4 Å². The molecule has 124 valence electrons. The highest BCUT2D eigenvalue weighted by molar-refractivity contribution is 5.62. The summed E-state index contributed by atoms with van der Waals surface area (Å²) in [7, 11) is 3.46. The first-order chi connectivity index (χ1) is 11.2. The maximum atomic E-state index is 5.70. The highest BCUT2D eigenvalue weighted by Gasteiger charge is 2.29. The van der Waals surface area contributed by atoms with Gasteiger partial charge in [0.25, 0.3) is 0 Å². The number of ether oxygens (including phenoxy) is 2. The number of methoxy groups -OCH3 is 2. The highest BCUT2D eigenvalue weighted by atomic mass is 16.7. The van der Waals surface area contributed by atoms with Gasteiger partial charge in [-0.2, -0.15) is 0 Å². The van der Waals surface area contributed by atoms with E-state index in [1.54, 1.807) is 14.2 Å². The number of hydrogen-bond donors (Lipinski definition) is 0. The largest absolute Gasteiger partial charge is 0.353 e. The molecule has 3 heteroatoms. The van der Waals surface area contributed by atoms with Crippen LogP contribution >= 0.6 is 0 Å². The van der Waals surface area contributed by atoms with Gasteiger partial charge in [0.1, 0.15) is 0 Å². The Morgan fingerprint density at radius 3 is 1.65 bits per heavy atom. The molecule has 0 aromatic heterocycles. The van der Waals surface area contributed by atoms with Crippen molar-refractivity contribution in [2.24, 2.45) is 0 Å². The monoisotopic (exact) mass is 313 g/mol. The Hall–Kier alpha value is -1.84. The molecule has 2 aromatic carbocycles. The van der Waals surface area contributed by atoms with Crippen molar-refractivity contribution in [2.75, 3.05) is 25.7 Å². The summed E-state index contributed by atoms with van der Waals surface area (Å²) in [6.07, 6.45) is 2.72. The first kappa shape index (κ1) is 17.5. The van der Waals surface area contributed by atoms with Gasteiger partial charge >= 0.3 is 0 Å². The van der Waals surface area contributed by atoms with E-state index < -0.39 is 5.79 Å². The van der Waals surface area contributed by atoms with Crippen molar-refractivity contribution >= 4 is 11.4 Å². The Morgan fingerprint density at radius 1 is 0.783 bits per heavy atom. The van der Waals surface area contributed by atoms with Gasteiger partial charge in [-0.1, -0.05) is 49.7 Å². The molecule has 0 atom stereocenters. The normalized spacial score (nSPS) is 11.4. The maximum absolute atomic E-state index is 5.70. The Morgan fingerprint density at radius 2 is 1.26 bits per heavy atom. The van der Waals surface area contributed by atoms with Crippen LogP contribution in [0.3, 0.4) is 0 Å². The van der Waals surface area contributed by atoms with Gasteiger partial charge in [0.2, 0.25) is 0 Å². The van der Waals surface area contributed by atoms with Crippen LogP contribution in [0.5, 0.6) is 0 Å². The van der Waals surface area contributed by atoms with E-state index in [-0.39, 0.29) is 0 Å². The van der Waals surface area contributed by atoms with Crippen LogP contribution in [-0.4, -0.2) is 26.6 Å². The summed E-state index contributed by atoms with van der Waals surface area (Å²) in [6.45, 7) is 2.98. The molecule has 0 aliphatic carbocycles. The molecule has 0 spiro atoms. The molecule has 0 fully saturated rings.